The van der Waals surface area contributed by atoms with Crippen LogP contribution in [0.1, 0.15) is 35.7 Å². The van der Waals surface area contributed by atoms with Crippen molar-refractivity contribution in [2.75, 3.05) is 38.1 Å². The number of piperazine rings is 1. The number of nitrogens with one attached hydrogen (secondary N) is 1. The summed E-state index contributed by atoms with van der Waals surface area (Å²) < 4.78 is 14.3. The van der Waals surface area contributed by atoms with E-state index in [-0.39, 0.29) is 11.6 Å². The van der Waals surface area contributed by atoms with Crippen LogP contribution < -0.4 is 9.80 Å². The van der Waals surface area contributed by atoms with Gasteiger partial charge in [0.15, 0.2) is 5.78 Å². The van der Waals surface area contributed by atoms with Gasteiger partial charge in [-0.15, -0.1) is 0 Å². The topological polar surface area (TPSA) is 24.8 Å². The van der Waals surface area contributed by atoms with Gasteiger partial charge in [0, 0.05) is 12.0 Å². The van der Waals surface area contributed by atoms with Gasteiger partial charge >= 0.3 is 0 Å². The Balaban J connectivity index is 2.24. The minimum atomic E-state index is -0.269. The smallest absolute Gasteiger partial charge is 0.163 e. The predicted molar refractivity (Wildman–Crippen MR) is 79.2 cm³/mol. The van der Waals surface area contributed by atoms with Crippen molar-refractivity contribution in [3.05, 3.63) is 29.1 Å². The summed E-state index contributed by atoms with van der Waals surface area (Å²) in [5.74, 6) is -0.229. The van der Waals surface area contributed by atoms with E-state index in [4.69, 9.17) is 0 Å². The number of aryl methyl sites for hydroxylation is 1. The van der Waals surface area contributed by atoms with Crippen molar-refractivity contribution in [3.8, 4) is 0 Å². The first-order valence-electron chi connectivity index (χ1n) is 7.42. The highest BCUT2D eigenvalue weighted by atomic mass is 19.1. The van der Waals surface area contributed by atoms with E-state index in [0.29, 0.717) is 17.7 Å². The van der Waals surface area contributed by atoms with Gasteiger partial charge in [-0.2, -0.15) is 0 Å². The van der Waals surface area contributed by atoms with Gasteiger partial charge in [0.05, 0.1) is 38.9 Å². The zero-order valence-corrected chi connectivity index (χ0v) is 12.6. The number of Topliss-reactive ketones (excluding diaryl/α,β-unsaturated/α-hetero) is 1. The minimum absolute atomic E-state index is 0.0401. The van der Waals surface area contributed by atoms with E-state index >= 15 is 0 Å². The minimum Gasteiger partial charge on any atom is -0.358 e. The first-order chi connectivity index (χ1) is 9.52. The Kier molecular flexibility index (Phi) is 4.76. The maximum absolute atomic E-state index is 14.3. The van der Waals surface area contributed by atoms with Gasteiger partial charge in [0.1, 0.15) is 5.82 Å². The third-order valence-corrected chi connectivity index (χ3v) is 4.03. The van der Waals surface area contributed by atoms with Crippen LogP contribution in [0.4, 0.5) is 10.1 Å². The summed E-state index contributed by atoms with van der Waals surface area (Å²) in [6.45, 7) is 7.64. The molecule has 1 saturated heterocycles. The van der Waals surface area contributed by atoms with E-state index < -0.39 is 0 Å². The number of nitrogens with zero attached hydrogens (tertiary/aromatic N) is 1. The second-order valence-electron chi connectivity index (χ2n) is 5.74. The van der Waals surface area contributed by atoms with Gasteiger partial charge in [0.25, 0.3) is 0 Å². The molecule has 0 radical (unpaired) electrons. The fourth-order valence-electron chi connectivity index (χ4n) is 2.70. The third kappa shape index (κ3) is 3.18. The SMILES string of the molecule is CCCC(=O)c1cc(F)c(N2CC[NH+](C)CC2)cc1C. The quantitative estimate of drug-likeness (QED) is 0.844. The lowest BCUT2D eigenvalue weighted by atomic mass is 10.00. The van der Waals surface area contributed by atoms with Crippen molar-refractivity contribution in [2.24, 2.45) is 0 Å². The lowest BCUT2D eigenvalue weighted by Crippen LogP contribution is -3.12. The standard InChI is InChI=1S/C16H23FN2O/c1-4-5-16(20)13-11-14(17)15(10-12(13)2)19-8-6-18(3)7-9-19/h10-11H,4-9H2,1-3H3/p+1. The van der Waals surface area contributed by atoms with Gasteiger partial charge in [-0.25, -0.2) is 4.39 Å². The molecule has 4 heteroatoms. The van der Waals surface area contributed by atoms with Crippen molar-refractivity contribution < 1.29 is 14.1 Å². The summed E-state index contributed by atoms with van der Waals surface area (Å²) in [6.07, 6.45) is 1.28. The maximum Gasteiger partial charge on any atom is 0.163 e. The van der Waals surface area contributed by atoms with Gasteiger partial charge in [-0.3, -0.25) is 4.79 Å². The zero-order valence-electron chi connectivity index (χ0n) is 12.6. The lowest BCUT2D eigenvalue weighted by molar-refractivity contribution is -0.880. The molecule has 1 aliphatic rings. The maximum atomic E-state index is 14.3. The van der Waals surface area contributed by atoms with Crippen LogP contribution in [0.5, 0.6) is 0 Å². The third-order valence-electron chi connectivity index (χ3n) is 4.03. The van der Waals surface area contributed by atoms with E-state index in [1.165, 1.54) is 11.0 Å². The van der Waals surface area contributed by atoms with Crippen LogP contribution in [-0.4, -0.2) is 39.0 Å². The van der Waals surface area contributed by atoms with Crippen molar-refractivity contribution in [3.63, 3.8) is 0 Å². The predicted octanol–water partition coefficient (Wildman–Crippen LogP) is 1.45. The van der Waals surface area contributed by atoms with E-state index in [1.807, 2.05) is 19.9 Å². The van der Waals surface area contributed by atoms with Crippen molar-refractivity contribution in [1.29, 1.82) is 0 Å². The summed E-state index contributed by atoms with van der Waals surface area (Å²) in [5, 5.41) is 0. The number of carbonyl (C=O) groups is 1. The number of likely N-dealkylation sites (N-methyl/N-ethyl adjacent to an activating group) is 1. The van der Waals surface area contributed by atoms with Crippen LogP contribution in [0, 0.1) is 12.7 Å². The molecule has 1 fully saturated rings. The van der Waals surface area contributed by atoms with Crippen LogP contribution >= 0.6 is 0 Å². The molecule has 110 valence electrons. The summed E-state index contributed by atoms with van der Waals surface area (Å²) in [4.78, 5) is 15.5. The molecule has 0 saturated carbocycles. The van der Waals surface area contributed by atoms with Gasteiger partial charge in [-0.05, 0) is 31.0 Å². The number of rotatable bonds is 4. The zero-order chi connectivity index (χ0) is 14.7. The van der Waals surface area contributed by atoms with Crippen LogP contribution in [0.15, 0.2) is 12.1 Å². The normalized spacial score (nSPS) is 16.5. The monoisotopic (exact) mass is 279 g/mol. The van der Waals surface area contributed by atoms with E-state index in [0.717, 1.165) is 38.2 Å². The number of hydrogen-bond acceptors (Lipinski definition) is 2. The Hall–Kier alpha value is -1.42. The van der Waals surface area contributed by atoms with E-state index in [2.05, 4.69) is 11.9 Å². The number of quaternary nitrogens is 1. The molecular formula is C16H24FN2O+. The van der Waals surface area contributed by atoms with E-state index in [1.54, 1.807) is 0 Å². The van der Waals surface area contributed by atoms with Crippen LogP contribution in [-0.2, 0) is 0 Å². The molecule has 1 aromatic carbocycles. The van der Waals surface area contributed by atoms with Crippen molar-refractivity contribution in [2.45, 2.75) is 26.7 Å². The Bertz CT molecular complexity index is 493. The highest BCUT2D eigenvalue weighted by Gasteiger charge is 2.21. The average Bonchev–Trinajstić information content (AvgIpc) is 2.42. The number of ketones is 1. The number of carbonyl (C=O) groups excluding carboxylic acids is 1. The first-order valence-corrected chi connectivity index (χ1v) is 7.42. The fraction of sp³-hybridized carbons (Fsp3) is 0.562. The molecule has 0 aromatic heterocycles. The van der Waals surface area contributed by atoms with Crippen molar-refractivity contribution in [1.82, 2.24) is 0 Å². The van der Waals surface area contributed by atoms with Crippen molar-refractivity contribution >= 4 is 11.5 Å². The summed E-state index contributed by atoms with van der Waals surface area (Å²) in [6, 6.07) is 3.26. The lowest BCUT2D eigenvalue weighted by Gasteiger charge is -2.32. The Morgan fingerprint density at radius 2 is 2.00 bits per heavy atom. The molecule has 2 rings (SSSR count). The van der Waals surface area contributed by atoms with Crippen LogP contribution in [0.25, 0.3) is 0 Å². The molecule has 20 heavy (non-hydrogen) atoms. The molecule has 0 spiro atoms. The second kappa shape index (κ2) is 6.35. The fourth-order valence-corrected chi connectivity index (χ4v) is 2.70. The van der Waals surface area contributed by atoms with Gasteiger partial charge in [-0.1, -0.05) is 6.92 Å². The molecule has 3 nitrogen and oxygen atoms in total. The highest BCUT2D eigenvalue weighted by Crippen LogP contribution is 2.24. The summed E-state index contributed by atoms with van der Waals surface area (Å²) in [7, 11) is 2.16. The summed E-state index contributed by atoms with van der Waals surface area (Å²) >= 11 is 0. The molecule has 1 N–H and O–H groups in total. The Morgan fingerprint density at radius 3 is 2.60 bits per heavy atom. The average molecular weight is 279 g/mol. The molecule has 1 heterocycles. The Labute approximate surface area is 120 Å². The van der Waals surface area contributed by atoms with Crippen LogP contribution in [0.2, 0.25) is 0 Å². The molecule has 1 aliphatic heterocycles. The molecule has 0 amide bonds. The number of anilines is 1. The van der Waals surface area contributed by atoms with E-state index in [9.17, 15) is 9.18 Å². The largest absolute Gasteiger partial charge is 0.358 e. The van der Waals surface area contributed by atoms with Crippen LogP contribution in [0.3, 0.4) is 0 Å². The molecule has 0 atom stereocenters. The Morgan fingerprint density at radius 1 is 1.35 bits per heavy atom. The summed E-state index contributed by atoms with van der Waals surface area (Å²) in [5.41, 5.74) is 2.06. The number of halogens is 1. The molecule has 0 aliphatic carbocycles. The first kappa shape index (κ1) is 15.0. The second-order valence-corrected chi connectivity index (χ2v) is 5.74. The number of hydrogen-bond donors (Lipinski definition) is 1. The molecular weight excluding hydrogens is 255 g/mol. The molecule has 1 aromatic rings. The molecule has 0 bridgehead atoms. The highest BCUT2D eigenvalue weighted by molar-refractivity contribution is 5.97. The molecule has 0 unspecified atom stereocenters. The number of benzene rings is 1. The van der Waals surface area contributed by atoms with Gasteiger partial charge in [0.2, 0.25) is 0 Å². The van der Waals surface area contributed by atoms with Gasteiger partial charge < -0.3 is 9.80 Å².